The largest absolute Gasteiger partial charge is 0.481 e. The van der Waals surface area contributed by atoms with Crippen LogP contribution in [0.15, 0.2) is 0 Å². The van der Waals surface area contributed by atoms with Crippen molar-refractivity contribution in [2.45, 2.75) is 71.8 Å². The highest BCUT2D eigenvalue weighted by molar-refractivity contribution is 5.79. The van der Waals surface area contributed by atoms with Crippen LogP contribution in [-0.2, 0) is 9.59 Å². The highest BCUT2D eigenvalue weighted by Gasteiger charge is 2.33. The van der Waals surface area contributed by atoms with E-state index in [4.69, 9.17) is 5.11 Å². The van der Waals surface area contributed by atoms with E-state index in [9.17, 15) is 9.59 Å². The van der Waals surface area contributed by atoms with Gasteiger partial charge in [0, 0.05) is 17.9 Å². The second kappa shape index (κ2) is 5.93. The molecule has 0 saturated heterocycles. The van der Waals surface area contributed by atoms with Crippen molar-refractivity contribution in [2.24, 2.45) is 11.3 Å². The Kier molecular flexibility index (Phi) is 4.99. The molecule has 0 spiro atoms. The van der Waals surface area contributed by atoms with Crippen LogP contribution >= 0.6 is 0 Å². The fraction of sp³-hybridized carbons (Fsp3) is 0.867. The summed E-state index contributed by atoms with van der Waals surface area (Å²) in [7, 11) is 0. The Morgan fingerprint density at radius 3 is 2.53 bits per heavy atom. The summed E-state index contributed by atoms with van der Waals surface area (Å²) in [6.07, 6.45) is 4.70. The first-order valence-electron chi connectivity index (χ1n) is 7.15. The summed E-state index contributed by atoms with van der Waals surface area (Å²) in [5.41, 5.74) is -0.206. The van der Waals surface area contributed by atoms with Crippen molar-refractivity contribution in [3.8, 4) is 0 Å². The van der Waals surface area contributed by atoms with Gasteiger partial charge in [-0.05, 0) is 44.9 Å². The van der Waals surface area contributed by atoms with Crippen LogP contribution in [0.1, 0.15) is 66.2 Å². The zero-order valence-corrected chi connectivity index (χ0v) is 12.6. The van der Waals surface area contributed by atoms with Crippen molar-refractivity contribution in [1.29, 1.82) is 0 Å². The molecule has 1 aliphatic rings. The first-order valence-corrected chi connectivity index (χ1v) is 7.15. The molecule has 2 N–H and O–H groups in total. The van der Waals surface area contributed by atoms with Crippen LogP contribution in [0.2, 0.25) is 0 Å². The van der Waals surface area contributed by atoms with Gasteiger partial charge in [0.2, 0.25) is 5.91 Å². The molecule has 0 bridgehead atoms. The standard InChI is InChI=1S/C15H27NO3/c1-14(2)8-5-6-11(10-14)13(19)16-15(3,4)9-7-12(17)18/h11H,5-10H2,1-4H3,(H,16,19)(H,17,18). The molecule has 1 amide bonds. The minimum Gasteiger partial charge on any atom is -0.481 e. The van der Waals surface area contributed by atoms with Crippen molar-refractivity contribution < 1.29 is 14.7 Å². The second-order valence-electron chi connectivity index (χ2n) is 7.22. The Labute approximate surface area is 116 Å². The molecule has 4 nitrogen and oxygen atoms in total. The first kappa shape index (κ1) is 16.0. The number of nitrogens with one attached hydrogen (secondary N) is 1. The van der Waals surface area contributed by atoms with Crippen molar-refractivity contribution >= 4 is 11.9 Å². The fourth-order valence-electron chi connectivity index (χ4n) is 2.84. The highest BCUT2D eigenvalue weighted by Crippen LogP contribution is 2.38. The van der Waals surface area contributed by atoms with Crippen molar-refractivity contribution in [1.82, 2.24) is 5.32 Å². The number of carboxylic acid groups (broad SMARTS) is 1. The molecule has 1 unspecified atom stereocenters. The second-order valence-corrected chi connectivity index (χ2v) is 7.22. The number of carbonyl (C=O) groups is 2. The Balaban J connectivity index is 2.51. The van der Waals surface area contributed by atoms with E-state index in [0.717, 1.165) is 19.3 Å². The molecule has 0 heterocycles. The molecular formula is C15H27NO3. The van der Waals surface area contributed by atoms with Gasteiger partial charge in [-0.15, -0.1) is 0 Å². The molecule has 0 radical (unpaired) electrons. The highest BCUT2D eigenvalue weighted by atomic mass is 16.4. The quantitative estimate of drug-likeness (QED) is 0.806. The van der Waals surface area contributed by atoms with Crippen LogP contribution in [0.25, 0.3) is 0 Å². The molecule has 0 aromatic carbocycles. The average molecular weight is 269 g/mol. The molecule has 0 aromatic rings. The maximum atomic E-state index is 12.3. The van der Waals surface area contributed by atoms with Crippen LogP contribution in [0.5, 0.6) is 0 Å². The number of hydrogen-bond donors (Lipinski definition) is 2. The third-order valence-electron chi connectivity index (χ3n) is 4.00. The van der Waals surface area contributed by atoms with Crippen molar-refractivity contribution in [2.75, 3.05) is 0 Å². The van der Waals surface area contributed by atoms with Gasteiger partial charge in [0.25, 0.3) is 0 Å². The molecule has 4 heteroatoms. The van der Waals surface area contributed by atoms with E-state index in [1.54, 1.807) is 0 Å². The molecule has 1 atom stereocenters. The van der Waals surface area contributed by atoms with Gasteiger partial charge in [-0.1, -0.05) is 20.3 Å². The van der Waals surface area contributed by atoms with Crippen LogP contribution in [0, 0.1) is 11.3 Å². The van der Waals surface area contributed by atoms with E-state index in [0.29, 0.717) is 6.42 Å². The monoisotopic (exact) mass is 269 g/mol. The lowest BCUT2D eigenvalue weighted by molar-refractivity contribution is -0.138. The summed E-state index contributed by atoms with van der Waals surface area (Å²) in [6, 6.07) is 0. The van der Waals surface area contributed by atoms with Gasteiger partial charge in [-0.25, -0.2) is 0 Å². The smallest absolute Gasteiger partial charge is 0.303 e. The van der Waals surface area contributed by atoms with Crippen molar-refractivity contribution in [3.05, 3.63) is 0 Å². The average Bonchev–Trinajstić information content (AvgIpc) is 2.24. The summed E-state index contributed by atoms with van der Waals surface area (Å²) >= 11 is 0. The van der Waals surface area contributed by atoms with Crippen LogP contribution in [-0.4, -0.2) is 22.5 Å². The van der Waals surface area contributed by atoms with E-state index in [2.05, 4.69) is 19.2 Å². The third-order valence-corrected chi connectivity index (χ3v) is 4.00. The molecule has 1 aliphatic carbocycles. The van der Waals surface area contributed by atoms with E-state index in [-0.39, 0.29) is 23.7 Å². The minimum atomic E-state index is -0.818. The summed E-state index contributed by atoms with van der Waals surface area (Å²) in [5.74, 6) is -0.655. The minimum absolute atomic E-state index is 0.0767. The van der Waals surface area contributed by atoms with Crippen LogP contribution in [0.3, 0.4) is 0 Å². The van der Waals surface area contributed by atoms with Crippen LogP contribution in [0.4, 0.5) is 0 Å². The molecule has 110 valence electrons. The number of carbonyl (C=O) groups excluding carboxylic acids is 1. The predicted octanol–water partition coefficient (Wildman–Crippen LogP) is 2.96. The maximum absolute atomic E-state index is 12.3. The Morgan fingerprint density at radius 2 is 2.00 bits per heavy atom. The van der Waals surface area contributed by atoms with E-state index >= 15 is 0 Å². The van der Waals surface area contributed by atoms with Gasteiger partial charge in [0.15, 0.2) is 0 Å². The molecule has 19 heavy (non-hydrogen) atoms. The van der Waals surface area contributed by atoms with Crippen LogP contribution < -0.4 is 5.32 Å². The van der Waals surface area contributed by atoms with Gasteiger partial charge >= 0.3 is 5.97 Å². The summed E-state index contributed by atoms with van der Waals surface area (Å²) in [4.78, 5) is 22.9. The molecule has 0 aromatic heterocycles. The number of aliphatic carboxylic acids is 1. The lowest BCUT2D eigenvalue weighted by Gasteiger charge is -2.36. The Bertz CT molecular complexity index is 347. The molecule has 1 fully saturated rings. The zero-order valence-electron chi connectivity index (χ0n) is 12.6. The summed E-state index contributed by atoms with van der Waals surface area (Å²) in [5, 5.41) is 11.7. The van der Waals surface area contributed by atoms with E-state index in [1.807, 2.05) is 13.8 Å². The van der Waals surface area contributed by atoms with E-state index in [1.165, 1.54) is 6.42 Å². The Hall–Kier alpha value is -1.06. The summed E-state index contributed by atoms with van der Waals surface area (Å²) in [6.45, 7) is 8.20. The lowest BCUT2D eigenvalue weighted by Crippen LogP contribution is -2.47. The Morgan fingerprint density at radius 1 is 1.37 bits per heavy atom. The molecule has 0 aliphatic heterocycles. The zero-order chi connectivity index (χ0) is 14.7. The maximum Gasteiger partial charge on any atom is 0.303 e. The predicted molar refractivity (Wildman–Crippen MR) is 74.8 cm³/mol. The number of amides is 1. The topological polar surface area (TPSA) is 66.4 Å². The number of carboxylic acids is 1. The molecule has 1 rings (SSSR count). The first-order chi connectivity index (χ1) is 8.61. The number of rotatable bonds is 5. The number of hydrogen-bond acceptors (Lipinski definition) is 2. The van der Waals surface area contributed by atoms with Gasteiger partial charge in [-0.2, -0.15) is 0 Å². The van der Waals surface area contributed by atoms with Gasteiger partial charge < -0.3 is 10.4 Å². The van der Waals surface area contributed by atoms with Gasteiger partial charge in [0.05, 0.1) is 0 Å². The molecular weight excluding hydrogens is 242 g/mol. The normalized spacial score (nSPS) is 22.8. The van der Waals surface area contributed by atoms with Crippen molar-refractivity contribution in [3.63, 3.8) is 0 Å². The van der Waals surface area contributed by atoms with Gasteiger partial charge in [0.1, 0.15) is 0 Å². The third kappa shape index (κ3) is 5.62. The SMILES string of the molecule is CC1(C)CCCC(C(=O)NC(C)(C)CCC(=O)O)C1. The van der Waals surface area contributed by atoms with E-state index < -0.39 is 11.5 Å². The summed E-state index contributed by atoms with van der Waals surface area (Å²) < 4.78 is 0. The fourth-order valence-corrected chi connectivity index (χ4v) is 2.84. The van der Waals surface area contributed by atoms with Gasteiger partial charge in [-0.3, -0.25) is 9.59 Å². The molecule has 1 saturated carbocycles. The lowest BCUT2D eigenvalue weighted by atomic mass is 9.72.